The van der Waals surface area contributed by atoms with Crippen molar-refractivity contribution in [3.8, 4) is 5.75 Å². The van der Waals surface area contributed by atoms with Crippen LogP contribution in [-0.4, -0.2) is 29.7 Å². The van der Waals surface area contributed by atoms with Gasteiger partial charge in [0.15, 0.2) is 11.6 Å². The third-order valence-corrected chi connectivity index (χ3v) is 3.77. The summed E-state index contributed by atoms with van der Waals surface area (Å²) >= 11 is 0. The highest BCUT2D eigenvalue weighted by molar-refractivity contribution is 5.76. The van der Waals surface area contributed by atoms with Gasteiger partial charge in [-0.1, -0.05) is 18.2 Å². The van der Waals surface area contributed by atoms with E-state index >= 15 is 0 Å². The molecule has 110 valence electrons. The minimum atomic E-state index is 0.348. The fourth-order valence-electron chi connectivity index (χ4n) is 2.91. The second-order valence-electron chi connectivity index (χ2n) is 5.16. The van der Waals surface area contributed by atoms with Crippen LogP contribution in [0.5, 0.6) is 5.75 Å². The van der Waals surface area contributed by atoms with Crippen molar-refractivity contribution >= 4 is 17.3 Å². The Labute approximate surface area is 125 Å². The molecule has 1 aromatic carbocycles. The van der Waals surface area contributed by atoms with Crippen molar-refractivity contribution in [3.63, 3.8) is 0 Å². The molecule has 21 heavy (non-hydrogen) atoms. The van der Waals surface area contributed by atoms with Crippen LogP contribution in [-0.2, 0) is 6.42 Å². The molecule has 5 heteroatoms. The Morgan fingerprint density at radius 3 is 2.90 bits per heavy atom. The molecule has 0 saturated heterocycles. The largest absolute Gasteiger partial charge is 0.490 e. The van der Waals surface area contributed by atoms with Crippen LogP contribution in [0.25, 0.3) is 0 Å². The Morgan fingerprint density at radius 1 is 1.33 bits per heavy atom. The summed E-state index contributed by atoms with van der Waals surface area (Å²) in [7, 11) is 1.66. The first-order valence-electron chi connectivity index (χ1n) is 7.26. The highest BCUT2D eigenvalue weighted by Gasteiger charge is 2.30. The predicted octanol–water partition coefficient (Wildman–Crippen LogP) is 3.00. The Hall–Kier alpha value is -2.30. The molecule has 0 radical (unpaired) electrons. The number of aromatic nitrogens is 2. The van der Waals surface area contributed by atoms with E-state index in [-0.39, 0.29) is 0 Å². The van der Waals surface area contributed by atoms with E-state index in [1.807, 2.05) is 6.92 Å². The number of anilines is 3. The molecule has 2 aromatic rings. The summed E-state index contributed by atoms with van der Waals surface area (Å²) in [5, 5.41) is 3.23. The van der Waals surface area contributed by atoms with E-state index < -0.39 is 0 Å². The van der Waals surface area contributed by atoms with Gasteiger partial charge in [0.2, 0.25) is 5.75 Å². The number of hydrogen-bond donors (Lipinski definition) is 1. The Kier molecular flexibility index (Phi) is 3.64. The molecule has 0 spiro atoms. The molecular formula is C16H20N4O. The van der Waals surface area contributed by atoms with E-state index in [1.165, 1.54) is 11.3 Å². The molecule has 0 fully saturated rings. The van der Waals surface area contributed by atoms with Gasteiger partial charge in [0.25, 0.3) is 0 Å². The molecule has 0 saturated carbocycles. The average Bonchev–Trinajstić information content (AvgIpc) is 2.83. The normalized spacial score (nSPS) is 16.7. The Bertz CT molecular complexity index is 644. The van der Waals surface area contributed by atoms with Gasteiger partial charge in [0, 0.05) is 18.3 Å². The van der Waals surface area contributed by atoms with Gasteiger partial charge in [0.05, 0.1) is 7.11 Å². The zero-order chi connectivity index (χ0) is 14.8. The molecule has 2 heterocycles. The number of nitrogens with one attached hydrogen (secondary N) is 1. The van der Waals surface area contributed by atoms with Crippen LogP contribution in [0.2, 0.25) is 0 Å². The standard InChI is InChI=1S/C16H20N4O/c1-4-17-15-14(21-3)16(19-10-18-15)20-11(2)9-12-7-5-6-8-13(12)20/h5-8,10-11H,4,9H2,1-3H3,(H,17,18,19). The summed E-state index contributed by atoms with van der Waals surface area (Å²) in [6, 6.07) is 8.79. The van der Waals surface area contributed by atoms with Crippen LogP contribution in [0.4, 0.5) is 17.3 Å². The number of hydrogen-bond acceptors (Lipinski definition) is 5. The summed E-state index contributed by atoms with van der Waals surface area (Å²) in [6.45, 7) is 5.03. The van der Waals surface area contributed by atoms with Gasteiger partial charge in [-0.2, -0.15) is 0 Å². The summed E-state index contributed by atoms with van der Waals surface area (Å²) in [5.74, 6) is 2.25. The first-order chi connectivity index (χ1) is 10.3. The lowest BCUT2D eigenvalue weighted by atomic mass is 10.1. The third-order valence-electron chi connectivity index (χ3n) is 3.77. The van der Waals surface area contributed by atoms with Crippen molar-refractivity contribution in [2.24, 2.45) is 0 Å². The molecule has 0 bridgehead atoms. The van der Waals surface area contributed by atoms with E-state index in [1.54, 1.807) is 13.4 Å². The highest BCUT2D eigenvalue weighted by atomic mass is 16.5. The molecule has 1 N–H and O–H groups in total. The number of fused-ring (bicyclic) bond motifs is 1. The topological polar surface area (TPSA) is 50.3 Å². The number of nitrogens with zero attached hydrogens (tertiary/aromatic N) is 3. The van der Waals surface area contributed by atoms with Gasteiger partial charge in [-0.15, -0.1) is 0 Å². The quantitative estimate of drug-likeness (QED) is 0.935. The predicted molar refractivity (Wildman–Crippen MR) is 84.5 cm³/mol. The first kappa shape index (κ1) is 13.7. The van der Waals surface area contributed by atoms with Crippen molar-refractivity contribution in [3.05, 3.63) is 36.2 Å². The molecule has 1 aliphatic rings. The van der Waals surface area contributed by atoms with Crippen molar-refractivity contribution in [1.82, 2.24) is 9.97 Å². The zero-order valence-electron chi connectivity index (χ0n) is 12.6. The lowest BCUT2D eigenvalue weighted by Gasteiger charge is -2.26. The van der Waals surface area contributed by atoms with Crippen molar-refractivity contribution < 1.29 is 4.74 Å². The van der Waals surface area contributed by atoms with Crippen LogP contribution in [0, 0.1) is 0 Å². The molecule has 1 unspecified atom stereocenters. The van der Waals surface area contributed by atoms with E-state index in [2.05, 4.69) is 51.4 Å². The molecular weight excluding hydrogens is 264 g/mol. The molecule has 1 aromatic heterocycles. The Balaban J connectivity index is 2.10. The van der Waals surface area contributed by atoms with Crippen molar-refractivity contribution in [2.75, 3.05) is 23.9 Å². The van der Waals surface area contributed by atoms with Gasteiger partial charge < -0.3 is 15.0 Å². The molecule has 3 rings (SSSR count). The van der Waals surface area contributed by atoms with Crippen LogP contribution in [0.3, 0.4) is 0 Å². The number of benzene rings is 1. The number of rotatable bonds is 4. The number of methoxy groups -OCH3 is 1. The van der Waals surface area contributed by atoms with Crippen LogP contribution in [0.15, 0.2) is 30.6 Å². The van der Waals surface area contributed by atoms with E-state index in [9.17, 15) is 0 Å². The van der Waals surface area contributed by atoms with Crippen molar-refractivity contribution in [1.29, 1.82) is 0 Å². The second kappa shape index (κ2) is 5.60. The fourth-order valence-corrected chi connectivity index (χ4v) is 2.91. The van der Waals surface area contributed by atoms with Gasteiger partial charge in [-0.25, -0.2) is 9.97 Å². The molecule has 0 amide bonds. The van der Waals surface area contributed by atoms with E-state index in [4.69, 9.17) is 4.74 Å². The summed E-state index contributed by atoms with van der Waals surface area (Å²) in [6.07, 6.45) is 2.60. The zero-order valence-corrected chi connectivity index (χ0v) is 12.6. The number of ether oxygens (including phenoxy) is 1. The molecule has 1 atom stereocenters. The minimum absolute atomic E-state index is 0.348. The van der Waals surface area contributed by atoms with Crippen LogP contribution < -0.4 is 15.0 Å². The van der Waals surface area contributed by atoms with Crippen molar-refractivity contribution in [2.45, 2.75) is 26.3 Å². The molecule has 1 aliphatic heterocycles. The third kappa shape index (κ3) is 2.28. The lowest BCUT2D eigenvalue weighted by Crippen LogP contribution is -2.25. The van der Waals surface area contributed by atoms with E-state index in [0.29, 0.717) is 11.8 Å². The minimum Gasteiger partial charge on any atom is -0.490 e. The molecule has 5 nitrogen and oxygen atoms in total. The maximum Gasteiger partial charge on any atom is 0.204 e. The van der Waals surface area contributed by atoms with Gasteiger partial charge in [0.1, 0.15) is 6.33 Å². The van der Waals surface area contributed by atoms with Gasteiger partial charge >= 0.3 is 0 Å². The van der Waals surface area contributed by atoms with E-state index in [0.717, 1.165) is 24.6 Å². The summed E-state index contributed by atoms with van der Waals surface area (Å²) in [4.78, 5) is 11.0. The SMILES string of the molecule is CCNc1ncnc(N2c3ccccc3CC2C)c1OC. The van der Waals surface area contributed by atoms with Gasteiger partial charge in [-0.05, 0) is 31.9 Å². The highest BCUT2D eigenvalue weighted by Crippen LogP contribution is 2.42. The fraction of sp³-hybridized carbons (Fsp3) is 0.375. The first-order valence-corrected chi connectivity index (χ1v) is 7.26. The van der Waals surface area contributed by atoms with Crippen LogP contribution >= 0.6 is 0 Å². The Morgan fingerprint density at radius 2 is 2.14 bits per heavy atom. The maximum atomic E-state index is 5.58. The average molecular weight is 284 g/mol. The van der Waals surface area contributed by atoms with Crippen LogP contribution in [0.1, 0.15) is 19.4 Å². The number of para-hydroxylation sites is 1. The monoisotopic (exact) mass is 284 g/mol. The molecule has 0 aliphatic carbocycles. The summed E-state index contributed by atoms with van der Waals surface area (Å²) < 4.78 is 5.58. The second-order valence-corrected chi connectivity index (χ2v) is 5.16. The summed E-state index contributed by atoms with van der Waals surface area (Å²) in [5.41, 5.74) is 2.54. The smallest absolute Gasteiger partial charge is 0.204 e. The lowest BCUT2D eigenvalue weighted by molar-refractivity contribution is 0.412. The maximum absolute atomic E-state index is 5.58. The van der Waals surface area contributed by atoms with Gasteiger partial charge in [-0.3, -0.25) is 0 Å².